The molecule has 0 amide bonds. The molecule has 18 heavy (non-hydrogen) atoms. The lowest BCUT2D eigenvalue weighted by Crippen LogP contribution is -2.01. The van der Waals surface area contributed by atoms with Crippen LogP contribution in [0.15, 0.2) is 47.2 Å². The molecule has 0 unspecified atom stereocenters. The Morgan fingerprint density at radius 3 is 2.44 bits per heavy atom. The van der Waals surface area contributed by atoms with Gasteiger partial charge in [-0.1, -0.05) is 30.3 Å². The van der Waals surface area contributed by atoms with Crippen molar-refractivity contribution in [3.05, 3.63) is 52.8 Å². The Balaban J connectivity index is 2.07. The van der Waals surface area contributed by atoms with E-state index < -0.39 is 0 Å². The third kappa shape index (κ3) is 2.00. The number of cyclic esters (lactones) is 1. The molecule has 0 aromatic heterocycles. The maximum Gasteiger partial charge on any atom is 0.339 e. The molecule has 1 aromatic rings. The first kappa shape index (κ1) is 12.0. The molecule has 0 atom stereocenters. The predicted molar refractivity (Wildman–Crippen MR) is 79.0 cm³/mol. The molecule has 0 bridgehead atoms. The molecular formula is C15H13IO2. The molecule has 0 saturated heterocycles. The number of benzene rings is 1. The lowest BCUT2D eigenvalue weighted by molar-refractivity contribution is -0.133. The molecule has 0 radical (unpaired) electrons. The van der Waals surface area contributed by atoms with Gasteiger partial charge in [0.25, 0.3) is 0 Å². The standard InChI is InChI=1S/C15H13IO2/c16-13(10-6-2-1-3-7-10)14-11-8-4-5-9-12(11)15(17)18-14/h1-3,6-7H,4-5,8-9H2/b14-13+. The van der Waals surface area contributed by atoms with Crippen LogP contribution in [0.4, 0.5) is 0 Å². The van der Waals surface area contributed by atoms with E-state index in [1.165, 1.54) is 0 Å². The number of carbonyl (C=O) groups is 1. The van der Waals surface area contributed by atoms with E-state index in [2.05, 4.69) is 22.6 Å². The van der Waals surface area contributed by atoms with E-state index in [1.807, 2.05) is 30.3 Å². The van der Waals surface area contributed by atoms with E-state index in [-0.39, 0.29) is 5.97 Å². The minimum atomic E-state index is -0.134. The number of ether oxygens (including phenoxy) is 1. The lowest BCUT2D eigenvalue weighted by Gasteiger charge is -2.11. The summed E-state index contributed by atoms with van der Waals surface area (Å²) in [5.41, 5.74) is 3.15. The first-order valence-corrected chi connectivity index (χ1v) is 7.25. The van der Waals surface area contributed by atoms with Gasteiger partial charge in [-0.2, -0.15) is 0 Å². The number of halogens is 1. The first-order valence-electron chi connectivity index (χ1n) is 6.17. The number of hydrogen-bond donors (Lipinski definition) is 0. The van der Waals surface area contributed by atoms with Crippen molar-refractivity contribution in [2.75, 3.05) is 0 Å². The van der Waals surface area contributed by atoms with Gasteiger partial charge in [-0.15, -0.1) is 0 Å². The predicted octanol–water partition coefficient (Wildman–Crippen LogP) is 4.22. The Labute approximate surface area is 120 Å². The summed E-state index contributed by atoms with van der Waals surface area (Å²) < 4.78 is 6.52. The van der Waals surface area contributed by atoms with Crippen LogP contribution >= 0.6 is 22.6 Å². The van der Waals surface area contributed by atoms with E-state index in [0.29, 0.717) is 0 Å². The zero-order chi connectivity index (χ0) is 12.5. The molecule has 1 aliphatic heterocycles. The molecular weight excluding hydrogens is 339 g/mol. The molecule has 0 fully saturated rings. The quantitative estimate of drug-likeness (QED) is 0.559. The van der Waals surface area contributed by atoms with Crippen molar-refractivity contribution >= 4 is 32.1 Å². The van der Waals surface area contributed by atoms with Gasteiger partial charge < -0.3 is 4.74 Å². The van der Waals surface area contributed by atoms with Crippen LogP contribution in [0.5, 0.6) is 0 Å². The van der Waals surface area contributed by atoms with E-state index in [9.17, 15) is 4.79 Å². The summed E-state index contributed by atoms with van der Waals surface area (Å²) in [5, 5.41) is 0. The molecule has 0 saturated carbocycles. The van der Waals surface area contributed by atoms with Gasteiger partial charge in [0.05, 0.1) is 3.58 Å². The number of allylic oxidation sites excluding steroid dienone is 1. The zero-order valence-corrected chi connectivity index (χ0v) is 12.1. The molecule has 1 aromatic carbocycles. The van der Waals surface area contributed by atoms with Crippen LogP contribution in [-0.4, -0.2) is 5.97 Å². The Morgan fingerprint density at radius 2 is 1.72 bits per heavy atom. The minimum Gasteiger partial charge on any atom is -0.422 e. The fourth-order valence-corrected chi connectivity index (χ4v) is 3.29. The van der Waals surface area contributed by atoms with Crippen LogP contribution in [0.25, 0.3) is 3.58 Å². The van der Waals surface area contributed by atoms with Gasteiger partial charge >= 0.3 is 5.97 Å². The van der Waals surface area contributed by atoms with Crippen LogP contribution in [0.2, 0.25) is 0 Å². The number of rotatable bonds is 1. The molecule has 92 valence electrons. The van der Waals surface area contributed by atoms with Crippen molar-refractivity contribution in [3.8, 4) is 0 Å². The lowest BCUT2D eigenvalue weighted by atomic mass is 9.92. The normalized spacial score (nSPS) is 21.7. The Hall–Kier alpha value is -1.10. The summed E-state index contributed by atoms with van der Waals surface area (Å²) in [6, 6.07) is 10.1. The third-order valence-corrected chi connectivity index (χ3v) is 4.52. The SMILES string of the molecule is O=C1O/C(=C(/I)c2ccccc2)C2=C1CCCC2. The Kier molecular flexibility index (Phi) is 3.24. The summed E-state index contributed by atoms with van der Waals surface area (Å²) >= 11 is 2.28. The van der Waals surface area contributed by atoms with Gasteiger partial charge in [0.15, 0.2) is 0 Å². The highest BCUT2D eigenvalue weighted by Gasteiger charge is 2.33. The van der Waals surface area contributed by atoms with Crippen molar-refractivity contribution in [2.45, 2.75) is 25.7 Å². The fourth-order valence-electron chi connectivity index (χ4n) is 2.49. The highest BCUT2D eigenvalue weighted by molar-refractivity contribution is 14.1. The molecule has 0 N–H and O–H groups in total. The largest absolute Gasteiger partial charge is 0.422 e. The average molecular weight is 352 g/mol. The van der Waals surface area contributed by atoms with E-state index in [4.69, 9.17) is 4.74 Å². The second-order valence-electron chi connectivity index (χ2n) is 4.56. The van der Waals surface area contributed by atoms with Gasteiger partial charge in [0.1, 0.15) is 5.76 Å². The van der Waals surface area contributed by atoms with Gasteiger partial charge in [0.2, 0.25) is 0 Å². The van der Waals surface area contributed by atoms with Crippen LogP contribution in [0, 0.1) is 0 Å². The second-order valence-corrected chi connectivity index (χ2v) is 5.64. The van der Waals surface area contributed by atoms with Gasteiger partial charge in [0, 0.05) is 11.1 Å². The maximum atomic E-state index is 11.8. The Morgan fingerprint density at radius 1 is 1.06 bits per heavy atom. The minimum absolute atomic E-state index is 0.134. The van der Waals surface area contributed by atoms with Crippen LogP contribution in [0.3, 0.4) is 0 Å². The summed E-state index contributed by atoms with van der Waals surface area (Å²) in [6.45, 7) is 0. The monoisotopic (exact) mass is 352 g/mol. The van der Waals surface area contributed by atoms with Gasteiger partial charge in [-0.05, 0) is 53.8 Å². The van der Waals surface area contributed by atoms with E-state index in [1.54, 1.807) is 0 Å². The first-order chi connectivity index (χ1) is 8.77. The van der Waals surface area contributed by atoms with Crippen molar-refractivity contribution in [2.24, 2.45) is 0 Å². The molecule has 0 spiro atoms. The number of carbonyl (C=O) groups excluding carboxylic acids is 1. The average Bonchev–Trinajstić information content (AvgIpc) is 2.77. The van der Waals surface area contributed by atoms with Crippen molar-refractivity contribution in [1.29, 1.82) is 0 Å². The fraction of sp³-hybridized carbons (Fsp3) is 0.267. The molecule has 2 aliphatic rings. The summed E-state index contributed by atoms with van der Waals surface area (Å²) in [7, 11) is 0. The number of esters is 1. The summed E-state index contributed by atoms with van der Waals surface area (Å²) in [4.78, 5) is 11.8. The molecule has 2 nitrogen and oxygen atoms in total. The summed E-state index contributed by atoms with van der Waals surface area (Å²) in [5.74, 6) is 0.659. The van der Waals surface area contributed by atoms with Crippen LogP contribution < -0.4 is 0 Å². The van der Waals surface area contributed by atoms with Gasteiger partial charge in [-0.25, -0.2) is 4.79 Å². The topological polar surface area (TPSA) is 26.3 Å². The zero-order valence-electron chi connectivity index (χ0n) is 9.91. The smallest absolute Gasteiger partial charge is 0.339 e. The highest BCUT2D eigenvalue weighted by atomic mass is 127. The maximum absolute atomic E-state index is 11.8. The number of hydrogen-bond acceptors (Lipinski definition) is 2. The van der Waals surface area contributed by atoms with E-state index >= 15 is 0 Å². The van der Waals surface area contributed by atoms with Crippen LogP contribution in [-0.2, 0) is 9.53 Å². The van der Waals surface area contributed by atoms with Crippen LogP contribution in [0.1, 0.15) is 31.2 Å². The molecule has 3 rings (SSSR count). The Bertz CT molecular complexity index is 555. The van der Waals surface area contributed by atoms with E-state index in [0.717, 1.165) is 51.7 Å². The molecule has 1 aliphatic carbocycles. The van der Waals surface area contributed by atoms with Crippen molar-refractivity contribution in [3.63, 3.8) is 0 Å². The molecule has 3 heteroatoms. The third-order valence-electron chi connectivity index (χ3n) is 3.41. The summed E-state index contributed by atoms with van der Waals surface area (Å²) in [6.07, 6.45) is 4.09. The van der Waals surface area contributed by atoms with Crippen molar-refractivity contribution < 1.29 is 9.53 Å². The highest BCUT2D eigenvalue weighted by Crippen LogP contribution is 2.42. The van der Waals surface area contributed by atoms with Crippen molar-refractivity contribution in [1.82, 2.24) is 0 Å². The second kappa shape index (κ2) is 4.88. The molecule has 1 heterocycles. The van der Waals surface area contributed by atoms with Gasteiger partial charge in [-0.3, -0.25) is 0 Å².